The van der Waals surface area contributed by atoms with Crippen LogP contribution in [-0.2, 0) is 24.3 Å². The van der Waals surface area contributed by atoms with Gasteiger partial charge in [0.1, 0.15) is 6.54 Å². The molecule has 2 aromatic rings. The lowest BCUT2D eigenvalue weighted by Crippen LogP contribution is -2.32. The first-order chi connectivity index (χ1) is 14.0. The summed E-state index contributed by atoms with van der Waals surface area (Å²) in [6, 6.07) is 6.19. The molecule has 2 aromatic carbocycles. The van der Waals surface area contributed by atoms with Crippen LogP contribution < -0.4 is 10.0 Å². The second kappa shape index (κ2) is 9.80. The lowest BCUT2D eigenvalue weighted by atomic mass is 10.2. The summed E-state index contributed by atoms with van der Waals surface area (Å²) >= 11 is 11.5. The minimum atomic E-state index is -4.09. The Morgan fingerprint density at radius 2 is 1.83 bits per heavy atom. The summed E-state index contributed by atoms with van der Waals surface area (Å²) in [4.78, 5) is 32.9. The monoisotopic (exact) mass is 479 g/mol. The average Bonchev–Trinajstić information content (AvgIpc) is 2.68. The van der Waals surface area contributed by atoms with Crippen molar-refractivity contribution in [1.29, 1.82) is 0 Å². The van der Waals surface area contributed by atoms with Crippen LogP contribution in [0, 0.1) is 15.9 Å². The van der Waals surface area contributed by atoms with Crippen molar-refractivity contribution in [2.24, 2.45) is 0 Å². The highest BCUT2D eigenvalue weighted by molar-refractivity contribution is 7.89. The molecule has 14 heteroatoms. The Balaban J connectivity index is 1.87. The van der Waals surface area contributed by atoms with Gasteiger partial charge in [0, 0.05) is 11.8 Å². The van der Waals surface area contributed by atoms with Gasteiger partial charge in [-0.1, -0.05) is 23.2 Å². The maximum absolute atomic E-state index is 13.3. The lowest BCUT2D eigenvalue weighted by Gasteiger charge is -2.09. The van der Waals surface area contributed by atoms with E-state index < -0.39 is 51.5 Å². The van der Waals surface area contributed by atoms with Crippen molar-refractivity contribution in [3.8, 4) is 0 Å². The lowest BCUT2D eigenvalue weighted by molar-refractivity contribution is -0.387. The number of nitrogens with zero attached hydrogens (tertiary/aromatic N) is 1. The summed E-state index contributed by atoms with van der Waals surface area (Å²) in [5.41, 5.74) is -0.939. The van der Waals surface area contributed by atoms with Gasteiger partial charge in [-0.25, -0.2) is 8.42 Å². The molecular weight excluding hydrogens is 468 g/mol. The molecule has 0 saturated carbocycles. The molecule has 0 unspecified atom stereocenters. The minimum Gasteiger partial charge on any atom is -0.455 e. The van der Waals surface area contributed by atoms with E-state index in [9.17, 15) is 32.5 Å². The van der Waals surface area contributed by atoms with E-state index >= 15 is 0 Å². The first-order valence-corrected chi connectivity index (χ1v) is 10.1. The molecule has 2 N–H and O–H groups in total. The number of amides is 1. The first-order valence-electron chi connectivity index (χ1n) is 7.84. The van der Waals surface area contributed by atoms with Gasteiger partial charge >= 0.3 is 11.7 Å². The quantitative estimate of drug-likeness (QED) is 0.336. The largest absolute Gasteiger partial charge is 0.455 e. The third kappa shape index (κ3) is 6.35. The molecule has 160 valence electrons. The third-order valence-corrected chi connectivity index (χ3v) is 5.54. The van der Waals surface area contributed by atoms with Gasteiger partial charge < -0.3 is 10.1 Å². The topological polar surface area (TPSA) is 145 Å². The van der Waals surface area contributed by atoms with Crippen LogP contribution in [-0.4, -0.2) is 38.4 Å². The summed E-state index contributed by atoms with van der Waals surface area (Å²) in [5, 5.41) is 13.0. The number of sulfonamides is 1. The second-order valence-electron chi connectivity index (χ2n) is 5.53. The van der Waals surface area contributed by atoms with Crippen molar-refractivity contribution < 1.29 is 32.1 Å². The Bertz CT molecular complexity index is 1110. The van der Waals surface area contributed by atoms with Gasteiger partial charge in [0.2, 0.25) is 15.8 Å². The molecule has 0 aromatic heterocycles. The number of benzene rings is 2. The van der Waals surface area contributed by atoms with Crippen molar-refractivity contribution in [1.82, 2.24) is 4.72 Å². The van der Waals surface area contributed by atoms with Gasteiger partial charge in [-0.15, -0.1) is 0 Å². The number of hydrogen-bond donors (Lipinski definition) is 2. The zero-order chi connectivity index (χ0) is 22.5. The van der Waals surface area contributed by atoms with Crippen molar-refractivity contribution in [3.63, 3.8) is 0 Å². The molecule has 0 aliphatic rings. The molecule has 30 heavy (non-hydrogen) atoms. The number of carbonyl (C=O) groups excluding carboxylic acids is 2. The van der Waals surface area contributed by atoms with Crippen molar-refractivity contribution in [2.45, 2.75) is 4.90 Å². The molecule has 0 aliphatic carbocycles. The van der Waals surface area contributed by atoms with E-state index in [2.05, 4.69) is 10.1 Å². The Morgan fingerprint density at radius 3 is 2.47 bits per heavy atom. The Kier molecular flexibility index (Phi) is 7.67. The number of nitro benzene ring substituents is 1. The van der Waals surface area contributed by atoms with E-state index in [0.29, 0.717) is 0 Å². The first kappa shape index (κ1) is 23.5. The molecule has 1 amide bonds. The number of anilines is 1. The van der Waals surface area contributed by atoms with E-state index in [1.807, 2.05) is 4.72 Å². The Labute approximate surface area is 179 Å². The summed E-state index contributed by atoms with van der Waals surface area (Å²) < 4.78 is 44.1. The van der Waals surface area contributed by atoms with Crippen molar-refractivity contribution >= 4 is 56.5 Å². The van der Waals surface area contributed by atoms with E-state index in [1.54, 1.807) is 0 Å². The highest BCUT2D eigenvalue weighted by Crippen LogP contribution is 2.24. The Morgan fingerprint density at radius 1 is 1.13 bits per heavy atom. The number of nitrogens with one attached hydrogen (secondary N) is 2. The molecule has 0 heterocycles. The molecule has 0 aliphatic heterocycles. The molecular formula is C16H12Cl2FN3O7S. The van der Waals surface area contributed by atoms with Gasteiger partial charge in [-0.3, -0.25) is 19.7 Å². The number of esters is 1. The van der Waals surface area contributed by atoms with E-state index in [4.69, 9.17) is 23.2 Å². The van der Waals surface area contributed by atoms with Gasteiger partial charge in [-0.2, -0.15) is 9.11 Å². The summed E-state index contributed by atoms with van der Waals surface area (Å²) in [7, 11) is -4.09. The second-order valence-corrected chi connectivity index (χ2v) is 8.11. The number of nitro groups is 1. The fourth-order valence-corrected chi connectivity index (χ4v) is 3.36. The van der Waals surface area contributed by atoms with E-state index in [1.165, 1.54) is 12.1 Å². The van der Waals surface area contributed by atoms with Crippen LogP contribution in [0.2, 0.25) is 10.0 Å². The molecule has 10 nitrogen and oxygen atoms in total. The van der Waals surface area contributed by atoms with Crippen molar-refractivity contribution in [2.75, 3.05) is 18.5 Å². The summed E-state index contributed by atoms with van der Waals surface area (Å²) in [6.45, 7) is -1.59. The van der Waals surface area contributed by atoms with Crippen LogP contribution in [0.5, 0.6) is 0 Å². The zero-order valence-electron chi connectivity index (χ0n) is 14.7. The van der Waals surface area contributed by atoms with E-state index in [0.717, 1.165) is 24.3 Å². The van der Waals surface area contributed by atoms with Crippen LogP contribution in [0.4, 0.5) is 15.8 Å². The number of ether oxygens (including phenoxy) is 1. The number of rotatable bonds is 8. The maximum Gasteiger partial charge on any atom is 0.321 e. The van der Waals surface area contributed by atoms with Gasteiger partial charge in [-0.05, 0) is 30.3 Å². The maximum atomic E-state index is 13.3. The van der Waals surface area contributed by atoms with Gasteiger partial charge in [0.05, 0.1) is 19.9 Å². The van der Waals surface area contributed by atoms with Crippen LogP contribution in [0.1, 0.15) is 0 Å². The average molecular weight is 480 g/mol. The summed E-state index contributed by atoms with van der Waals surface area (Å²) in [6.07, 6.45) is 0. The molecule has 0 fully saturated rings. The third-order valence-electron chi connectivity index (χ3n) is 3.40. The molecule has 0 radical (unpaired) electrons. The normalized spacial score (nSPS) is 11.0. The fourth-order valence-electron chi connectivity index (χ4n) is 2.01. The highest BCUT2D eigenvalue weighted by atomic mass is 35.5. The Hall–Kier alpha value is -2.80. The minimum absolute atomic E-state index is 0.000167. The summed E-state index contributed by atoms with van der Waals surface area (Å²) in [5.74, 6) is -3.03. The molecule has 0 bridgehead atoms. The fraction of sp³-hybridized carbons (Fsp3) is 0.125. The van der Waals surface area contributed by atoms with E-state index in [-0.39, 0.29) is 20.6 Å². The number of hydrogen-bond acceptors (Lipinski definition) is 7. The zero-order valence-corrected chi connectivity index (χ0v) is 17.1. The van der Waals surface area contributed by atoms with Crippen LogP contribution in [0.25, 0.3) is 0 Å². The SMILES string of the molecule is O=C(COC(=O)CNS(=O)(=O)c1ccc(Cl)c(Cl)c1)Nc1ccc(F)c([N+](=O)[O-])c1. The smallest absolute Gasteiger partial charge is 0.321 e. The van der Waals surface area contributed by atoms with Crippen LogP contribution >= 0.6 is 23.2 Å². The van der Waals surface area contributed by atoms with Crippen LogP contribution in [0.15, 0.2) is 41.3 Å². The molecule has 0 atom stereocenters. The number of halogens is 3. The van der Waals surface area contributed by atoms with Gasteiger partial charge in [0.25, 0.3) is 5.91 Å². The van der Waals surface area contributed by atoms with Crippen molar-refractivity contribution in [3.05, 3.63) is 62.4 Å². The number of carbonyl (C=O) groups is 2. The standard InChI is InChI=1S/C16H12Cl2FN3O7S/c17-11-3-2-10(6-12(11)18)30(27,28)20-7-16(24)29-8-15(23)21-9-1-4-13(19)14(5-9)22(25)26/h1-6,20H,7-8H2,(H,21,23). The molecule has 0 saturated heterocycles. The predicted octanol–water partition coefficient (Wildman–Crippen LogP) is 2.50. The van der Waals surface area contributed by atoms with Crippen LogP contribution in [0.3, 0.4) is 0 Å². The highest BCUT2D eigenvalue weighted by Gasteiger charge is 2.19. The molecule has 0 spiro atoms. The molecule has 2 rings (SSSR count). The van der Waals surface area contributed by atoms with Gasteiger partial charge in [0.15, 0.2) is 6.61 Å². The predicted molar refractivity (Wildman–Crippen MR) is 104 cm³/mol.